The molecule has 116 valence electrons. The third-order valence-electron chi connectivity index (χ3n) is 2.55. The number of hydrogen-bond acceptors (Lipinski definition) is 3. The zero-order chi connectivity index (χ0) is 15.2. The number of benzene rings is 1. The fourth-order valence-electron chi connectivity index (χ4n) is 1.60. The van der Waals surface area contributed by atoms with Crippen molar-refractivity contribution in [2.24, 2.45) is 5.10 Å². The molecule has 0 spiro atoms. The molecule has 1 amide bonds. The third-order valence-corrected chi connectivity index (χ3v) is 4.00. The van der Waals surface area contributed by atoms with Crippen molar-refractivity contribution in [1.82, 2.24) is 5.43 Å². The van der Waals surface area contributed by atoms with Crippen molar-refractivity contribution in [1.29, 1.82) is 0 Å². The van der Waals surface area contributed by atoms with E-state index in [9.17, 15) is 9.90 Å². The highest BCUT2D eigenvalue weighted by Crippen LogP contribution is 2.25. The fraction of sp³-hybridized carbons (Fsp3) is 0.0714. The van der Waals surface area contributed by atoms with Gasteiger partial charge in [0.05, 0.1) is 9.78 Å². The molecule has 0 aliphatic heterocycles. The van der Waals surface area contributed by atoms with E-state index in [2.05, 4.69) is 33.1 Å². The van der Waals surface area contributed by atoms with Crippen LogP contribution in [0, 0.1) is 7.14 Å². The largest absolute Gasteiger partial charge is 1.00 e. The van der Waals surface area contributed by atoms with E-state index >= 15 is 0 Å². The van der Waals surface area contributed by atoms with Crippen LogP contribution in [0.1, 0.15) is 5.56 Å². The summed E-state index contributed by atoms with van der Waals surface area (Å²) in [5.74, 6) is -0.0753. The van der Waals surface area contributed by atoms with Crippen molar-refractivity contribution in [3.05, 3.63) is 55.4 Å². The van der Waals surface area contributed by atoms with Gasteiger partial charge in [0.25, 0.3) is 0 Å². The van der Waals surface area contributed by atoms with E-state index in [1.165, 1.54) is 6.21 Å². The Morgan fingerprint density at radius 3 is 2.64 bits per heavy atom. The van der Waals surface area contributed by atoms with Crippen molar-refractivity contribution >= 4 is 57.3 Å². The van der Waals surface area contributed by atoms with Crippen molar-refractivity contribution in [3.8, 4) is 5.75 Å². The number of phenols is 1. The lowest BCUT2D eigenvalue weighted by Crippen LogP contribution is -3.00. The molecule has 1 aromatic carbocycles. The Labute approximate surface area is 161 Å². The average Bonchev–Trinajstić information content (AvgIpc) is 2.45. The van der Waals surface area contributed by atoms with Crippen LogP contribution in [0.3, 0.4) is 0 Å². The fourth-order valence-corrected chi connectivity index (χ4v) is 3.49. The molecule has 0 bridgehead atoms. The van der Waals surface area contributed by atoms with Gasteiger partial charge in [-0.3, -0.25) is 4.79 Å². The Bertz CT molecular complexity index is 681. The summed E-state index contributed by atoms with van der Waals surface area (Å²) in [6.45, 7) is 0.189. The van der Waals surface area contributed by atoms with E-state index < -0.39 is 0 Å². The quantitative estimate of drug-likeness (QED) is 0.226. The third kappa shape index (κ3) is 5.69. The van der Waals surface area contributed by atoms with Crippen LogP contribution in [-0.2, 0) is 11.3 Å². The summed E-state index contributed by atoms with van der Waals surface area (Å²) in [4.78, 5) is 11.7. The highest BCUT2D eigenvalue weighted by Gasteiger charge is 2.08. The molecule has 0 atom stereocenters. The molecule has 8 heteroatoms. The molecular weight excluding hydrogens is 531 g/mol. The number of pyridine rings is 1. The number of halogens is 3. The molecule has 2 aromatic rings. The van der Waals surface area contributed by atoms with Gasteiger partial charge in [-0.15, -0.1) is 0 Å². The van der Waals surface area contributed by atoms with Crippen molar-refractivity contribution in [3.63, 3.8) is 0 Å². The second kappa shape index (κ2) is 9.26. The maximum absolute atomic E-state index is 11.7. The van der Waals surface area contributed by atoms with Crippen LogP contribution in [0.2, 0.25) is 0 Å². The van der Waals surface area contributed by atoms with Crippen LogP contribution in [0.25, 0.3) is 0 Å². The molecular formula is C14H12ClI2N3O2. The van der Waals surface area contributed by atoms with Crippen LogP contribution >= 0.6 is 45.2 Å². The number of hydrogen-bond donors (Lipinski definition) is 2. The van der Waals surface area contributed by atoms with Gasteiger partial charge >= 0.3 is 5.91 Å². The predicted octanol–water partition coefficient (Wildman–Crippen LogP) is -0.957. The van der Waals surface area contributed by atoms with E-state index in [0.717, 1.165) is 7.14 Å². The molecule has 0 saturated carbocycles. The smallest absolute Gasteiger partial charge is 0.305 e. The van der Waals surface area contributed by atoms with E-state index in [4.69, 9.17) is 0 Å². The zero-order valence-corrected chi connectivity index (χ0v) is 16.3. The number of nitrogens with one attached hydrogen (secondary N) is 1. The van der Waals surface area contributed by atoms with E-state index in [1.807, 2.05) is 46.9 Å². The van der Waals surface area contributed by atoms with Gasteiger partial charge in [-0.1, -0.05) is 6.07 Å². The van der Waals surface area contributed by atoms with E-state index in [1.54, 1.807) is 23.0 Å². The minimum Gasteiger partial charge on any atom is -1.00 e. The molecule has 0 fully saturated rings. The van der Waals surface area contributed by atoms with Gasteiger partial charge in [0.15, 0.2) is 12.4 Å². The van der Waals surface area contributed by atoms with Crippen molar-refractivity contribution in [2.45, 2.75) is 6.54 Å². The van der Waals surface area contributed by atoms with Gasteiger partial charge in [-0.2, -0.15) is 9.67 Å². The lowest BCUT2D eigenvalue weighted by atomic mass is 10.2. The highest BCUT2D eigenvalue weighted by molar-refractivity contribution is 14.1. The van der Waals surface area contributed by atoms with E-state index in [0.29, 0.717) is 5.56 Å². The molecule has 0 aliphatic carbocycles. The number of hydrazone groups is 1. The molecule has 0 saturated heterocycles. The number of carbonyl (C=O) groups excluding carboxylic acids is 1. The Morgan fingerprint density at radius 1 is 1.27 bits per heavy atom. The molecule has 0 unspecified atom stereocenters. The summed E-state index contributed by atoms with van der Waals surface area (Å²) in [7, 11) is 0. The maximum Gasteiger partial charge on any atom is 0.305 e. The first-order valence-corrected chi connectivity index (χ1v) is 8.16. The van der Waals surface area contributed by atoms with Crippen LogP contribution in [0.4, 0.5) is 0 Å². The molecule has 2 rings (SSSR count). The second-order valence-corrected chi connectivity index (χ2v) is 6.57. The van der Waals surface area contributed by atoms with Gasteiger partial charge in [0.1, 0.15) is 5.75 Å². The first kappa shape index (κ1) is 19.1. The average molecular weight is 544 g/mol. The maximum atomic E-state index is 11.7. The normalized spacial score (nSPS) is 10.3. The van der Waals surface area contributed by atoms with Gasteiger partial charge in [-0.05, 0) is 57.3 Å². The predicted molar refractivity (Wildman–Crippen MR) is 95.9 cm³/mol. The number of aromatic nitrogens is 1. The molecule has 22 heavy (non-hydrogen) atoms. The number of aromatic hydroxyl groups is 1. The number of nitrogens with zero attached hydrogens (tertiary/aromatic N) is 2. The summed E-state index contributed by atoms with van der Waals surface area (Å²) in [6, 6.07) is 9.23. The summed E-state index contributed by atoms with van der Waals surface area (Å²) in [6.07, 6.45) is 5.04. The number of rotatable bonds is 4. The van der Waals surface area contributed by atoms with Gasteiger partial charge in [0.2, 0.25) is 6.54 Å². The van der Waals surface area contributed by atoms with Crippen molar-refractivity contribution in [2.75, 3.05) is 0 Å². The number of phenolic OH excluding ortho intramolecular Hbond substituents is 1. The summed E-state index contributed by atoms with van der Waals surface area (Å²) < 4.78 is 3.48. The number of carbonyl (C=O) groups is 1. The monoisotopic (exact) mass is 543 g/mol. The van der Waals surface area contributed by atoms with Crippen LogP contribution in [-0.4, -0.2) is 17.2 Å². The first-order chi connectivity index (χ1) is 10.1. The standard InChI is InChI=1S/C14H11I2N3O2.ClH/c15-11-6-10(14(21)12(16)7-11)8-17-18-13(20)9-19-4-2-1-3-5-19;/h1-8H,9H2,(H-,17,18,20,21);1H. The zero-order valence-electron chi connectivity index (χ0n) is 11.2. The van der Waals surface area contributed by atoms with E-state index in [-0.39, 0.29) is 30.6 Å². The molecule has 0 radical (unpaired) electrons. The molecule has 5 nitrogen and oxygen atoms in total. The van der Waals surface area contributed by atoms with Crippen LogP contribution in [0.15, 0.2) is 47.8 Å². The lowest BCUT2D eigenvalue weighted by molar-refractivity contribution is -0.684. The SMILES string of the molecule is O=C(C[n+]1ccccc1)N/N=C/c1cc(I)cc(I)c1O.[Cl-]. The molecule has 1 heterocycles. The summed E-state index contributed by atoms with van der Waals surface area (Å²) in [5.41, 5.74) is 3.01. The Hall–Kier alpha value is -0.940. The van der Waals surface area contributed by atoms with Gasteiger partial charge in [-0.25, -0.2) is 5.43 Å². The summed E-state index contributed by atoms with van der Waals surface area (Å²) in [5, 5.41) is 13.8. The van der Waals surface area contributed by atoms with Crippen molar-refractivity contribution < 1.29 is 26.9 Å². The number of amides is 1. The topological polar surface area (TPSA) is 65.6 Å². The lowest BCUT2D eigenvalue weighted by Gasteiger charge is -2.02. The molecule has 2 N–H and O–H groups in total. The molecule has 0 aliphatic rings. The Kier molecular flexibility index (Phi) is 8.04. The Balaban J connectivity index is 0.00000242. The van der Waals surface area contributed by atoms with Gasteiger partial charge < -0.3 is 17.5 Å². The highest BCUT2D eigenvalue weighted by atomic mass is 127. The second-order valence-electron chi connectivity index (χ2n) is 4.17. The minimum atomic E-state index is -0.234. The summed E-state index contributed by atoms with van der Waals surface area (Å²) >= 11 is 4.21. The van der Waals surface area contributed by atoms with Crippen LogP contribution < -0.4 is 22.4 Å². The first-order valence-electron chi connectivity index (χ1n) is 6.00. The molecule has 1 aromatic heterocycles. The minimum absolute atomic E-state index is 0. The van der Waals surface area contributed by atoms with Gasteiger partial charge in [0, 0.05) is 21.3 Å². The Morgan fingerprint density at radius 2 is 1.95 bits per heavy atom. The van der Waals surface area contributed by atoms with Crippen LogP contribution in [0.5, 0.6) is 5.75 Å².